The van der Waals surface area contributed by atoms with Crippen molar-refractivity contribution in [1.29, 1.82) is 0 Å². The molecule has 2 N–H and O–H groups in total. The van der Waals surface area contributed by atoms with Crippen LogP contribution in [-0.4, -0.2) is 30.8 Å². The standard InChI is InChI=1S/C19H26N2O2/c22-18(9-10-19(23)21-13-17-6-3-11-20-17)16-8-7-14-4-1-2-5-15(14)12-16/h7-8,12,17,20H,1-6,9-11,13H2,(H,21,23). The van der Waals surface area contributed by atoms with E-state index in [-0.39, 0.29) is 18.1 Å². The number of carbonyl (C=O) groups is 2. The molecule has 4 heteroatoms. The SMILES string of the molecule is O=C(CCC(=O)c1ccc2c(c1)CCCC2)NCC1CCCN1. The van der Waals surface area contributed by atoms with Gasteiger partial charge in [0.1, 0.15) is 0 Å². The molecule has 1 saturated heterocycles. The van der Waals surface area contributed by atoms with E-state index >= 15 is 0 Å². The van der Waals surface area contributed by atoms with Gasteiger partial charge < -0.3 is 10.6 Å². The Balaban J connectivity index is 1.46. The van der Waals surface area contributed by atoms with E-state index in [9.17, 15) is 9.59 Å². The Morgan fingerprint density at radius 2 is 1.91 bits per heavy atom. The van der Waals surface area contributed by atoms with E-state index in [0.29, 0.717) is 19.0 Å². The van der Waals surface area contributed by atoms with Gasteiger partial charge in [0, 0.05) is 31.0 Å². The van der Waals surface area contributed by atoms with Gasteiger partial charge >= 0.3 is 0 Å². The highest BCUT2D eigenvalue weighted by atomic mass is 16.2. The fourth-order valence-electron chi connectivity index (χ4n) is 3.53. The Kier molecular flexibility index (Phi) is 5.44. The minimum absolute atomic E-state index is 0.0231. The van der Waals surface area contributed by atoms with Gasteiger partial charge in [-0.3, -0.25) is 9.59 Å². The Bertz CT molecular complexity index is 577. The van der Waals surface area contributed by atoms with Crippen LogP contribution in [0.15, 0.2) is 18.2 Å². The number of rotatable bonds is 6. The average Bonchev–Trinajstić information content (AvgIpc) is 3.11. The van der Waals surface area contributed by atoms with Crippen LogP contribution in [0.25, 0.3) is 0 Å². The number of amides is 1. The van der Waals surface area contributed by atoms with Crippen molar-refractivity contribution in [2.75, 3.05) is 13.1 Å². The molecule has 4 nitrogen and oxygen atoms in total. The van der Waals surface area contributed by atoms with Gasteiger partial charge in [-0.15, -0.1) is 0 Å². The molecular formula is C19H26N2O2. The van der Waals surface area contributed by atoms with Crippen molar-refractivity contribution in [2.24, 2.45) is 0 Å². The lowest BCUT2D eigenvalue weighted by Crippen LogP contribution is -2.37. The monoisotopic (exact) mass is 314 g/mol. The summed E-state index contributed by atoms with van der Waals surface area (Å²) in [6.07, 6.45) is 7.53. The predicted molar refractivity (Wildman–Crippen MR) is 90.7 cm³/mol. The molecule has 0 bridgehead atoms. The van der Waals surface area contributed by atoms with Crippen LogP contribution in [0.4, 0.5) is 0 Å². The molecule has 2 aliphatic rings. The number of Topliss-reactive ketones (excluding diaryl/α,β-unsaturated/α-hetero) is 1. The van der Waals surface area contributed by atoms with E-state index in [1.165, 1.54) is 30.4 Å². The maximum atomic E-state index is 12.3. The van der Waals surface area contributed by atoms with Crippen molar-refractivity contribution in [3.05, 3.63) is 34.9 Å². The summed E-state index contributed by atoms with van der Waals surface area (Å²) in [7, 11) is 0. The molecule has 1 atom stereocenters. The molecule has 1 aromatic rings. The van der Waals surface area contributed by atoms with Crippen LogP contribution in [0.5, 0.6) is 0 Å². The highest BCUT2D eigenvalue weighted by Gasteiger charge is 2.16. The van der Waals surface area contributed by atoms with Crippen molar-refractivity contribution in [3.8, 4) is 0 Å². The third-order valence-electron chi connectivity index (χ3n) is 4.96. The van der Waals surface area contributed by atoms with Crippen molar-refractivity contribution in [1.82, 2.24) is 10.6 Å². The van der Waals surface area contributed by atoms with Gasteiger partial charge in [-0.2, -0.15) is 0 Å². The van der Waals surface area contributed by atoms with Crippen LogP contribution in [0.2, 0.25) is 0 Å². The summed E-state index contributed by atoms with van der Waals surface area (Å²) in [6, 6.07) is 6.45. The number of ketones is 1. The smallest absolute Gasteiger partial charge is 0.220 e. The predicted octanol–water partition coefficient (Wildman–Crippen LogP) is 2.40. The number of nitrogens with one attached hydrogen (secondary N) is 2. The summed E-state index contributed by atoms with van der Waals surface area (Å²) >= 11 is 0. The first-order chi connectivity index (χ1) is 11.2. The first kappa shape index (κ1) is 16.2. The van der Waals surface area contributed by atoms with Crippen LogP contribution in [0.3, 0.4) is 0 Å². The molecule has 0 spiro atoms. The van der Waals surface area contributed by atoms with E-state index in [2.05, 4.69) is 16.7 Å². The molecule has 1 unspecified atom stereocenters. The second-order valence-corrected chi connectivity index (χ2v) is 6.71. The number of benzene rings is 1. The number of hydrogen-bond donors (Lipinski definition) is 2. The summed E-state index contributed by atoms with van der Waals surface area (Å²) in [5, 5.41) is 6.28. The lowest BCUT2D eigenvalue weighted by Gasteiger charge is -2.16. The molecule has 0 radical (unpaired) electrons. The van der Waals surface area contributed by atoms with Crippen molar-refractivity contribution < 1.29 is 9.59 Å². The van der Waals surface area contributed by atoms with E-state index < -0.39 is 0 Å². The number of aryl methyl sites for hydroxylation is 2. The van der Waals surface area contributed by atoms with E-state index in [1.54, 1.807) is 0 Å². The van der Waals surface area contributed by atoms with Crippen LogP contribution in [0, 0.1) is 0 Å². The van der Waals surface area contributed by atoms with Gasteiger partial charge in [0.2, 0.25) is 5.91 Å². The van der Waals surface area contributed by atoms with Gasteiger partial charge in [-0.05, 0) is 62.3 Å². The lowest BCUT2D eigenvalue weighted by atomic mass is 9.89. The molecule has 1 aromatic carbocycles. The molecule has 1 aliphatic heterocycles. The topological polar surface area (TPSA) is 58.2 Å². The van der Waals surface area contributed by atoms with Crippen LogP contribution < -0.4 is 10.6 Å². The van der Waals surface area contributed by atoms with Gasteiger partial charge in [-0.25, -0.2) is 0 Å². The molecular weight excluding hydrogens is 288 g/mol. The van der Waals surface area contributed by atoms with Gasteiger partial charge in [0.15, 0.2) is 5.78 Å². The quantitative estimate of drug-likeness (QED) is 0.793. The van der Waals surface area contributed by atoms with Crippen molar-refractivity contribution >= 4 is 11.7 Å². The van der Waals surface area contributed by atoms with Crippen molar-refractivity contribution in [3.63, 3.8) is 0 Å². The Morgan fingerprint density at radius 3 is 2.70 bits per heavy atom. The van der Waals surface area contributed by atoms with Gasteiger partial charge in [-0.1, -0.05) is 12.1 Å². The second kappa shape index (κ2) is 7.73. The molecule has 1 fully saturated rings. The summed E-state index contributed by atoms with van der Waals surface area (Å²) in [4.78, 5) is 24.2. The van der Waals surface area contributed by atoms with E-state index in [0.717, 1.165) is 31.4 Å². The number of fused-ring (bicyclic) bond motifs is 1. The zero-order valence-electron chi connectivity index (χ0n) is 13.7. The first-order valence-electron chi connectivity index (χ1n) is 8.87. The summed E-state index contributed by atoms with van der Waals surface area (Å²) in [6.45, 7) is 1.71. The fourth-order valence-corrected chi connectivity index (χ4v) is 3.53. The van der Waals surface area contributed by atoms with Crippen LogP contribution in [0.1, 0.15) is 60.0 Å². The highest BCUT2D eigenvalue weighted by Crippen LogP contribution is 2.22. The lowest BCUT2D eigenvalue weighted by molar-refractivity contribution is -0.121. The van der Waals surface area contributed by atoms with E-state index in [4.69, 9.17) is 0 Å². The highest BCUT2D eigenvalue weighted by molar-refractivity contribution is 5.98. The Labute approximate surface area is 138 Å². The summed E-state index contributed by atoms with van der Waals surface area (Å²) in [5.41, 5.74) is 3.46. The first-order valence-corrected chi connectivity index (χ1v) is 8.87. The summed E-state index contributed by atoms with van der Waals surface area (Å²) < 4.78 is 0. The fraction of sp³-hybridized carbons (Fsp3) is 0.579. The molecule has 0 aromatic heterocycles. The normalized spacial score (nSPS) is 20.1. The molecule has 1 amide bonds. The van der Waals surface area contributed by atoms with Gasteiger partial charge in [0.05, 0.1) is 0 Å². The molecule has 1 aliphatic carbocycles. The van der Waals surface area contributed by atoms with Crippen LogP contribution in [-0.2, 0) is 17.6 Å². The van der Waals surface area contributed by atoms with Crippen LogP contribution >= 0.6 is 0 Å². The van der Waals surface area contributed by atoms with Crippen molar-refractivity contribution in [2.45, 2.75) is 57.4 Å². The van der Waals surface area contributed by atoms with E-state index in [1.807, 2.05) is 12.1 Å². The molecule has 0 saturated carbocycles. The Hall–Kier alpha value is -1.68. The largest absolute Gasteiger partial charge is 0.355 e. The summed E-state index contributed by atoms with van der Waals surface area (Å²) in [5.74, 6) is 0.0533. The number of carbonyl (C=O) groups excluding carboxylic acids is 2. The van der Waals surface area contributed by atoms with Gasteiger partial charge in [0.25, 0.3) is 0 Å². The maximum Gasteiger partial charge on any atom is 0.220 e. The number of hydrogen-bond acceptors (Lipinski definition) is 3. The second-order valence-electron chi connectivity index (χ2n) is 6.71. The average molecular weight is 314 g/mol. The zero-order valence-corrected chi connectivity index (χ0v) is 13.7. The molecule has 124 valence electrons. The molecule has 1 heterocycles. The maximum absolute atomic E-state index is 12.3. The molecule has 3 rings (SSSR count). The minimum Gasteiger partial charge on any atom is -0.355 e. The third-order valence-corrected chi connectivity index (χ3v) is 4.96. The zero-order chi connectivity index (χ0) is 16.1. The molecule has 23 heavy (non-hydrogen) atoms. The minimum atomic E-state index is -0.0231. The Morgan fingerprint density at radius 1 is 1.09 bits per heavy atom. The third kappa shape index (κ3) is 4.41.